The number of aromatic nitrogens is 2. The fourth-order valence-electron chi connectivity index (χ4n) is 2.14. The maximum atomic E-state index is 12.7. The SMILES string of the molecule is CCN(C(=O)c1c(C)c(C)nn(C)c1=O)C(C)(C)C(=O)O. The summed E-state index contributed by atoms with van der Waals surface area (Å²) >= 11 is 0. The molecule has 116 valence electrons. The third-order valence-corrected chi connectivity index (χ3v) is 3.70. The highest BCUT2D eigenvalue weighted by Gasteiger charge is 2.38. The molecule has 0 unspecified atom stereocenters. The molecule has 1 aromatic rings. The monoisotopic (exact) mass is 295 g/mol. The van der Waals surface area contributed by atoms with Crippen LogP contribution in [0.1, 0.15) is 42.4 Å². The minimum absolute atomic E-state index is 0.0267. The van der Waals surface area contributed by atoms with Crippen molar-refractivity contribution in [2.45, 2.75) is 40.2 Å². The molecule has 0 saturated heterocycles. The Bertz CT molecular complexity index is 646. The molecule has 0 aliphatic rings. The van der Waals surface area contributed by atoms with Gasteiger partial charge in [-0.25, -0.2) is 9.48 Å². The summed E-state index contributed by atoms with van der Waals surface area (Å²) in [4.78, 5) is 37.5. The van der Waals surface area contributed by atoms with Crippen molar-refractivity contribution < 1.29 is 14.7 Å². The Kier molecular flexibility index (Phi) is 4.56. The van der Waals surface area contributed by atoms with E-state index in [-0.39, 0.29) is 12.1 Å². The van der Waals surface area contributed by atoms with E-state index in [4.69, 9.17) is 0 Å². The number of hydrogen-bond donors (Lipinski definition) is 1. The van der Waals surface area contributed by atoms with Gasteiger partial charge in [0.15, 0.2) is 0 Å². The van der Waals surface area contributed by atoms with Crippen LogP contribution in [0.2, 0.25) is 0 Å². The second-order valence-corrected chi connectivity index (χ2v) is 5.43. The number of hydrogen-bond acceptors (Lipinski definition) is 4. The molecule has 0 saturated carbocycles. The first-order valence-corrected chi connectivity index (χ1v) is 6.65. The fourth-order valence-corrected chi connectivity index (χ4v) is 2.14. The van der Waals surface area contributed by atoms with Crippen LogP contribution in [-0.2, 0) is 11.8 Å². The largest absolute Gasteiger partial charge is 0.480 e. The average Bonchev–Trinajstić information content (AvgIpc) is 2.37. The highest BCUT2D eigenvalue weighted by atomic mass is 16.4. The van der Waals surface area contributed by atoms with Gasteiger partial charge in [0.25, 0.3) is 11.5 Å². The van der Waals surface area contributed by atoms with Gasteiger partial charge in [0.2, 0.25) is 0 Å². The number of carboxylic acid groups (broad SMARTS) is 1. The van der Waals surface area contributed by atoms with Gasteiger partial charge in [-0.05, 0) is 40.2 Å². The van der Waals surface area contributed by atoms with Gasteiger partial charge in [0.1, 0.15) is 11.1 Å². The minimum atomic E-state index is -1.40. The molecule has 0 fully saturated rings. The number of aryl methyl sites for hydroxylation is 2. The Morgan fingerprint density at radius 3 is 2.29 bits per heavy atom. The van der Waals surface area contributed by atoms with Gasteiger partial charge in [0, 0.05) is 13.6 Å². The molecule has 0 aliphatic heterocycles. The molecule has 7 nitrogen and oxygen atoms in total. The maximum absolute atomic E-state index is 12.7. The lowest BCUT2D eigenvalue weighted by atomic mass is 10.00. The van der Waals surface area contributed by atoms with E-state index in [1.165, 1.54) is 25.8 Å². The standard InChI is InChI=1S/C14H21N3O4/c1-7-17(14(4,5)13(20)21)12(19)10-8(2)9(3)15-16(6)11(10)18/h7H2,1-6H3,(H,20,21). The Balaban J connectivity index is 3.51. The number of carbonyl (C=O) groups is 2. The number of carboxylic acids is 1. The van der Waals surface area contributed by atoms with E-state index in [0.29, 0.717) is 11.3 Å². The molecule has 0 spiro atoms. The first-order chi connectivity index (χ1) is 9.55. The molecule has 0 aromatic carbocycles. The lowest BCUT2D eigenvalue weighted by molar-refractivity contribution is -0.147. The van der Waals surface area contributed by atoms with Crippen molar-refractivity contribution in [3.63, 3.8) is 0 Å². The molecular formula is C14H21N3O4. The number of likely N-dealkylation sites (N-methyl/N-ethyl adjacent to an activating group) is 1. The smallest absolute Gasteiger partial charge is 0.329 e. The Morgan fingerprint density at radius 1 is 1.33 bits per heavy atom. The van der Waals surface area contributed by atoms with Gasteiger partial charge >= 0.3 is 5.97 Å². The second-order valence-electron chi connectivity index (χ2n) is 5.43. The third-order valence-electron chi connectivity index (χ3n) is 3.70. The van der Waals surface area contributed by atoms with Crippen LogP contribution in [0.5, 0.6) is 0 Å². The molecule has 0 bridgehead atoms. The molecule has 1 N–H and O–H groups in total. The van der Waals surface area contributed by atoms with Crippen LogP contribution < -0.4 is 5.56 Å². The lowest BCUT2D eigenvalue weighted by Crippen LogP contribution is -2.54. The van der Waals surface area contributed by atoms with Gasteiger partial charge in [-0.15, -0.1) is 0 Å². The summed E-state index contributed by atoms with van der Waals surface area (Å²) in [6.07, 6.45) is 0. The van der Waals surface area contributed by atoms with E-state index >= 15 is 0 Å². The van der Waals surface area contributed by atoms with Gasteiger partial charge in [0.05, 0.1) is 5.69 Å². The fraction of sp³-hybridized carbons (Fsp3) is 0.571. The summed E-state index contributed by atoms with van der Waals surface area (Å²) in [7, 11) is 1.46. The van der Waals surface area contributed by atoms with E-state index in [2.05, 4.69) is 5.10 Å². The molecule has 0 radical (unpaired) electrons. The topological polar surface area (TPSA) is 92.5 Å². The van der Waals surface area contributed by atoms with Crippen LogP contribution in [0.3, 0.4) is 0 Å². The van der Waals surface area contributed by atoms with Crippen molar-refractivity contribution in [3.8, 4) is 0 Å². The Hall–Kier alpha value is -2.18. The number of nitrogens with zero attached hydrogens (tertiary/aromatic N) is 3. The van der Waals surface area contributed by atoms with E-state index in [1.54, 1.807) is 20.8 Å². The average molecular weight is 295 g/mol. The van der Waals surface area contributed by atoms with Crippen molar-refractivity contribution >= 4 is 11.9 Å². The normalized spacial score (nSPS) is 11.3. The van der Waals surface area contributed by atoms with Gasteiger partial charge in [-0.2, -0.15) is 5.10 Å². The summed E-state index contributed by atoms with van der Waals surface area (Å²) in [5.74, 6) is -1.72. The highest BCUT2D eigenvalue weighted by molar-refractivity contribution is 5.98. The van der Waals surface area contributed by atoms with Gasteiger partial charge < -0.3 is 10.0 Å². The Morgan fingerprint density at radius 2 is 1.86 bits per heavy atom. The summed E-state index contributed by atoms with van der Waals surface area (Å²) in [5.41, 5.74) is -0.920. The van der Waals surface area contributed by atoms with E-state index < -0.39 is 23.0 Å². The van der Waals surface area contributed by atoms with Crippen molar-refractivity contribution in [2.24, 2.45) is 7.05 Å². The van der Waals surface area contributed by atoms with Crippen LogP contribution in [0, 0.1) is 13.8 Å². The zero-order chi connectivity index (χ0) is 16.5. The van der Waals surface area contributed by atoms with Crippen LogP contribution >= 0.6 is 0 Å². The maximum Gasteiger partial charge on any atom is 0.329 e. The molecule has 1 rings (SSSR count). The zero-order valence-electron chi connectivity index (χ0n) is 13.2. The molecular weight excluding hydrogens is 274 g/mol. The molecule has 0 atom stereocenters. The lowest BCUT2D eigenvalue weighted by Gasteiger charge is -2.34. The Labute approximate surface area is 123 Å². The van der Waals surface area contributed by atoms with Crippen molar-refractivity contribution in [1.29, 1.82) is 0 Å². The first kappa shape index (κ1) is 16.9. The summed E-state index contributed by atoms with van der Waals surface area (Å²) in [5, 5.41) is 13.3. The van der Waals surface area contributed by atoms with Crippen molar-refractivity contribution in [3.05, 3.63) is 27.2 Å². The van der Waals surface area contributed by atoms with Gasteiger partial charge in [-0.3, -0.25) is 9.59 Å². The van der Waals surface area contributed by atoms with Crippen LogP contribution in [0.15, 0.2) is 4.79 Å². The quantitative estimate of drug-likeness (QED) is 0.883. The summed E-state index contributed by atoms with van der Waals surface area (Å²) < 4.78 is 1.09. The predicted molar refractivity (Wildman–Crippen MR) is 77.4 cm³/mol. The molecule has 1 heterocycles. The molecule has 0 aliphatic carbocycles. The minimum Gasteiger partial charge on any atom is -0.480 e. The number of aliphatic carboxylic acids is 1. The summed E-state index contributed by atoms with van der Waals surface area (Å²) in [6, 6.07) is 0. The molecule has 21 heavy (non-hydrogen) atoms. The van der Waals surface area contributed by atoms with E-state index in [0.717, 1.165) is 4.68 Å². The molecule has 1 amide bonds. The first-order valence-electron chi connectivity index (χ1n) is 6.65. The van der Waals surface area contributed by atoms with Crippen LogP contribution in [-0.4, -0.2) is 43.7 Å². The van der Waals surface area contributed by atoms with Crippen molar-refractivity contribution in [1.82, 2.24) is 14.7 Å². The number of rotatable bonds is 4. The molecule has 1 aromatic heterocycles. The highest BCUT2D eigenvalue weighted by Crippen LogP contribution is 2.19. The van der Waals surface area contributed by atoms with Gasteiger partial charge in [-0.1, -0.05) is 0 Å². The number of amides is 1. The van der Waals surface area contributed by atoms with Crippen molar-refractivity contribution in [2.75, 3.05) is 6.54 Å². The predicted octanol–water partition coefficient (Wildman–Crippen LogP) is 0.722. The second kappa shape index (κ2) is 5.67. The number of carbonyl (C=O) groups excluding carboxylic acids is 1. The van der Waals surface area contributed by atoms with Crippen LogP contribution in [0.4, 0.5) is 0 Å². The van der Waals surface area contributed by atoms with E-state index in [1.807, 2.05) is 0 Å². The third kappa shape index (κ3) is 2.81. The van der Waals surface area contributed by atoms with Crippen LogP contribution in [0.25, 0.3) is 0 Å². The molecule has 7 heteroatoms. The van der Waals surface area contributed by atoms with E-state index in [9.17, 15) is 19.5 Å². The zero-order valence-corrected chi connectivity index (χ0v) is 13.2. The summed E-state index contributed by atoms with van der Waals surface area (Å²) in [6.45, 7) is 8.07.